The van der Waals surface area contributed by atoms with E-state index < -0.39 is 5.60 Å². The number of nitrogens with zero attached hydrogens (tertiary/aromatic N) is 3. The number of piperidine rings is 1. The fourth-order valence-electron chi connectivity index (χ4n) is 2.93. The molecule has 1 fully saturated rings. The van der Waals surface area contributed by atoms with Crippen molar-refractivity contribution in [2.24, 2.45) is 0 Å². The van der Waals surface area contributed by atoms with E-state index in [1.165, 1.54) is 0 Å². The Labute approximate surface area is 144 Å². The first-order valence-electron chi connectivity index (χ1n) is 7.94. The van der Waals surface area contributed by atoms with Gasteiger partial charge < -0.3 is 9.64 Å². The second-order valence-electron chi connectivity index (χ2n) is 6.99. The standard InChI is InChI=1S/C17H22BrN3O2/c1-17(2,3)23-16(22)20-8-6-14(7-9-20)21-15-5-4-13(18)10-12(15)11-19-21/h4-5,10-11,14H,6-9H2,1-3H3. The fourth-order valence-corrected chi connectivity index (χ4v) is 3.31. The van der Waals surface area contributed by atoms with Crippen LogP contribution in [0.3, 0.4) is 0 Å². The van der Waals surface area contributed by atoms with E-state index in [0.29, 0.717) is 19.1 Å². The predicted octanol–water partition coefficient (Wildman–Crippen LogP) is 4.37. The zero-order valence-corrected chi connectivity index (χ0v) is 15.3. The van der Waals surface area contributed by atoms with Crippen molar-refractivity contribution in [2.75, 3.05) is 13.1 Å². The highest BCUT2D eigenvalue weighted by molar-refractivity contribution is 9.10. The minimum atomic E-state index is -0.445. The summed E-state index contributed by atoms with van der Waals surface area (Å²) >= 11 is 3.49. The number of halogens is 1. The third kappa shape index (κ3) is 3.68. The molecule has 1 saturated heterocycles. The number of hydrogen-bond acceptors (Lipinski definition) is 3. The molecule has 0 aliphatic carbocycles. The quantitative estimate of drug-likeness (QED) is 0.738. The normalized spacial score (nSPS) is 16.8. The summed E-state index contributed by atoms with van der Waals surface area (Å²) in [5, 5.41) is 5.68. The Morgan fingerprint density at radius 1 is 1.30 bits per heavy atom. The van der Waals surface area contributed by atoms with Crippen LogP contribution in [0.5, 0.6) is 0 Å². The predicted molar refractivity (Wildman–Crippen MR) is 93.5 cm³/mol. The van der Waals surface area contributed by atoms with Gasteiger partial charge in [-0.25, -0.2) is 4.79 Å². The largest absolute Gasteiger partial charge is 0.444 e. The number of likely N-dealkylation sites (tertiary alicyclic amines) is 1. The molecule has 0 spiro atoms. The zero-order valence-electron chi connectivity index (χ0n) is 13.8. The first kappa shape index (κ1) is 16.3. The molecule has 0 atom stereocenters. The molecule has 0 bridgehead atoms. The molecule has 0 radical (unpaired) electrons. The van der Waals surface area contributed by atoms with Gasteiger partial charge in [0, 0.05) is 22.9 Å². The molecule has 124 valence electrons. The fraction of sp³-hybridized carbons (Fsp3) is 0.529. The van der Waals surface area contributed by atoms with Crippen LogP contribution in [0, 0.1) is 0 Å². The van der Waals surface area contributed by atoms with E-state index in [1.54, 1.807) is 4.90 Å². The summed E-state index contributed by atoms with van der Waals surface area (Å²) in [5.41, 5.74) is 0.698. The van der Waals surface area contributed by atoms with E-state index in [2.05, 4.69) is 37.8 Å². The molecule has 6 heteroatoms. The second kappa shape index (κ2) is 6.15. The summed E-state index contributed by atoms with van der Waals surface area (Å²) in [6, 6.07) is 6.53. The molecule has 0 N–H and O–H groups in total. The molecule has 1 amide bonds. The molecule has 0 saturated carbocycles. The highest BCUT2D eigenvalue weighted by Gasteiger charge is 2.28. The lowest BCUT2D eigenvalue weighted by atomic mass is 10.1. The number of carbonyl (C=O) groups excluding carboxylic acids is 1. The maximum Gasteiger partial charge on any atom is 0.410 e. The molecule has 5 nitrogen and oxygen atoms in total. The highest BCUT2D eigenvalue weighted by Crippen LogP contribution is 2.28. The van der Waals surface area contributed by atoms with E-state index in [1.807, 2.05) is 33.0 Å². The van der Waals surface area contributed by atoms with Gasteiger partial charge in [0.2, 0.25) is 0 Å². The van der Waals surface area contributed by atoms with Crippen LogP contribution in [0.15, 0.2) is 28.9 Å². The van der Waals surface area contributed by atoms with Crippen LogP contribution in [0.2, 0.25) is 0 Å². The maximum absolute atomic E-state index is 12.1. The van der Waals surface area contributed by atoms with E-state index >= 15 is 0 Å². The maximum atomic E-state index is 12.1. The third-order valence-corrected chi connectivity index (χ3v) is 4.51. The lowest BCUT2D eigenvalue weighted by Crippen LogP contribution is -2.42. The summed E-state index contributed by atoms with van der Waals surface area (Å²) in [7, 11) is 0. The molecule has 1 aliphatic rings. The van der Waals surface area contributed by atoms with Gasteiger partial charge in [-0.1, -0.05) is 15.9 Å². The number of aromatic nitrogens is 2. The number of fused-ring (bicyclic) bond motifs is 1. The molecule has 2 heterocycles. The van der Waals surface area contributed by atoms with E-state index in [4.69, 9.17) is 4.74 Å². The summed E-state index contributed by atoms with van der Waals surface area (Å²) < 4.78 is 8.60. The number of benzene rings is 1. The van der Waals surface area contributed by atoms with E-state index in [-0.39, 0.29) is 6.09 Å². The number of ether oxygens (including phenoxy) is 1. The van der Waals surface area contributed by atoms with Crippen LogP contribution in [0.1, 0.15) is 39.7 Å². The van der Waals surface area contributed by atoms with Gasteiger partial charge in [-0.05, 0) is 51.8 Å². The summed E-state index contributed by atoms with van der Waals surface area (Å²) in [6.07, 6.45) is 3.48. The average Bonchev–Trinajstić information content (AvgIpc) is 2.88. The Bertz CT molecular complexity index is 712. The molecule has 3 rings (SSSR count). The van der Waals surface area contributed by atoms with Crippen LogP contribution >= 0.6 is 15.9 Å². The zero-order chi connectivity index (χ0) is 16.6. The first-order chi connectivity index (χ1) is 10.8. The van der Waals surface area contributed by atoms with Crippen molar-refractivity contribution < 1.29 is 9.53 Å². The smallest absolute Gasteiger partial charge is 0.410 e. The van der Waals surface area contributed by atoms with Crippen LogP contribution in [-0.2, 0) is 4.74 Å². The molecule has 2 aromatic rings. The van der Waals surface area contributed by atoms with Crippen LogP contribution in [0.25, 0.3) is 10.9 Å². The van der Waals surface area contributed by atoms with E-state index in [0.717, 1.165) is 28.2 Å². The summed E-state index contributed by atoms with van der Waals surface area (Å²) in [5.74, 6) is 0. The summed E-state index contributed by atoms with van der Waals surface area (Å²) in [6.45, 7) is 7.10. The molecule has 23 heavy (non-hydrogen) atoms. The van der Waals surface area contributed by atoms with E-state index in [9.17, 15) is 4.79 Å². The molecule has 0 unspecified atom stereocenters. The van der Waals surface area contributed by atoms with Crippen molar-refractivity contribution in [3.63, 3.8) is 0 Å². The van der Waals surface area contributed by atoms with Crippen LogP contribution < -0.4 is 0 Å². The Morgan fingerprint density at radius 3 is 2.65 bits per heavy atom. The molecular formula is C17H22BrN3O2. The van der Waals surface area contributed by atoms with Gasteiger partial charge in [0.15, 0.2) is 0 Å². The average molecular weight is 380 g/mol. The monoisotopic (exact) mass is 379 g/mol. The van der Waals surface area contributed by atoms with Crippen LogP contribution in [-0.4, -0.2) is 39.5 Å². The van der Waals surface area contributed by atoms with Crippen LogP contribution in [0.4, 0.5) is 4.79 Å². The van der Waals surface area contributed by atoms with Gasteiger partial charge >= 0.3 is 6.09 Å². The van der Waals surface area contributed by atoms with Gasteiger partial charge in [0.25, 0.3) is 0 Å². The number of amides is 1. The van der Waals surface area contributed by atoms with Gasteiger partial charge in [-0.2, -0.15) is 5.10 Å². The lowest BCUT2D eigenvalue weighted by molar-refractivity contribution is 0.0186. The number of carbonyl (C=O) groups is 1. The van der Waals surface area contributed by atoms with Crippen molar-refractivity contribution in [1.82, 2.24) is 14.7 Å². The lowest BCUT2D eigenvalue weighted by Gasteiger charge is -2.33. The molecule has 1 aromatic heterocycles. The second-order valence-corrected chi connectivity index (χ2v) is 7.91. The molecular weight excluding hydrogens is 358 g/mol. The molecule has 1 aromatic carbocycles. The van der Waals surface area contributed by atoms with Crippen molar-refractivity contribution in [3.8, 4) is 0 Å². The first-order valence-corrected chi connectivity index (χ1v) is 8.73. The van der Waals surface area contributed by atoms with Crippen molar-refractivity contribution in [3.05, 3.63) is 28.9 Å². The number of hydrogen-bond donors (Lipinski definition) is 0. The third-order valence-electron chi connectivity index (χ3n) is 4.02. The Morgan fingerprint density at radius 2 is 2.00 bits per heavy atom. The number of rotatable bonds is 1. The molecule has 1 aliphatic heterocycles. The Kier molecular flexibility index (Phi) is 4.36. The van der Waals surface area contributed by atoms with Gasteiger partial charge in [0.05, 0.1) is 17.8 Å². The SMILES string of the molecule is CC(C)(C)OC(=O)N1CCC(n2ncc3cc(Br)ccc32)CC1. The summed E-state index contributed by atoms with van der Waals surface area (Å²) in [4.78, 5) is 13.9. The Balaban J connectivity index is 1.67. The van der Waals surface area contributed by atoms with Gasteiger partial charge in [-0.15, -0.1) is 0 Å². The van der Waals surface area contributed by atoms with Crippen molar-refractivity contribution in [1.29, 1.82) is 0 Å². The minimum Gasteiger partial charge on any atom is -0.444 e. The van der Waals surface area contributed by atoms with Gasteiger partial charge in [-0.3, -0.25) is 4.68 Å². The highest BCUT2D eigenvalue weighted by atomic mass is 79.9. The topological polar surface area (TPSA) is 47.4 Å². The van der Waals surface area contributed by atoms with Crippen molar-refractivity contribution in [2.45, 2.75) is 45.3 Å². The minimum absolute atomic E-state index is 0.217. The Hall–Kier alpha value is -1.56. The van der Waals surface area contributed by atoms with Crippen molar-refractivity contribution >= 4 is 32.9 Å². The van der Waals surface area contributed by atoms with Gasteiger partial charge in [0.1, 0.15) is 5.60 Å².